The van der Waals surface area contributed by atoms with Crippen molar-refractivity contribution >= 4 is 39.1 Å². The van der Waals surface area contributed by atoms with Crippen LogP contribution in [-0.2, 0) is 32.6 Å². The second-order valence-corrected chi connectivity index (χ2v) is 11.5. The van der Waals surface area contributed by atoms with E-state index in [-0.39, 0.29) is 37.1 Å². The quantitative estimate of drug-likeness (QED) is 0.377. The van der Waals surface area contributed by atoms with E-state index in [1.165, 1.54) is 24.9 Å². The lowest BCUT2D eigenvalue weighted by molar-refractivity contribution is -0.139. The highest BCUT2D eigenvalue weighted by molar-refractivity contribution is 7.92. The molecule has 9 nitrogen and oxygen atoms in total. The average molecular weight is 572 g/mol. The van der Waals surface area contributed by atoms with Gasteiger partial charge in [0.05, 0.1) is 11.4 Å². The van der Waals surface area contributed by atoms with Crippen molar-refractivity contribution in [2.45, 2.75) is 25.9 Å². The molecule has 0 saturated carbocycles. The van der Waals surface area contributed by atoms with Crippen LogP contribution in [0.1, 0.15) is 18.1 Å². The number of nitrogens with zero attached hydrogens (tertiary/aromatic N) is 2. The highest BCUT2D eigenvalue weighted by Gasteiger charge is 2.33. The number of hydrogen-bond donors (Lipinski definition) is 1. The fourth-order valence-electron chi connectivity index (χ4n) is 4.31. The lowest BCUT2D eigenvalue weighted by Gasteiger charge is -2.33. The van der Waals surface area contributed by atoms with Crippen LogP contribution >= 0.6 is 11.6 Å². The zero-order valence-electron chi connectivity index (χ0n) is 21.7. The number of nitrogens with one attached hydrogen (secondary N) is 1. The first kappa shape index (κ1) is 28.3. The predicted molar refractivity (Wildman–Crippen MR) is 149 cm³/mol. The molecule has 0 bridgehead atoms. The molecular weight excluding hydrogens is 542 g/mol. The van der Waals surface area contributed by atoms with Gasteiger partial charge in [-0.15, -0.1) is 0 Å². The Morgan fingerprint density at radius 2 is 1.69 bits per heavy atom. The molecule has 1 atom stereocenters. The minimum absolute atomic E-state index is 0.0267. The van der Waals surface area contributed by atoms with Gasteiger partial charge in [-0.2, -0.15) is 0 Å². The summed E-state index contributed by atoms with van der Waals surface area (Å²) in [6, 6.07) is 20.1. The normalized spacial score (nSPS) is 13.0. The first-order valence-electron chi connectivity index (χ1n) is 12.4. The van der Waals surface area contributed by atoms with E-state index in [4.69, 9.17) is 21.1 Å². The summed E-state index contributed by atoms with van der Waals surface area (Å²) < 4.78 is 38.2. The number of hydrogen-bond acceptors (Lipinski definition) is 6. The minimum atomic E-state index is -3.88. The summed E-state index contributed by atoms with van der Waals surface area (Å²) >= 11 is 6.20. The zero-order valence-corrected chi connectivity index (χ0v) is 23.2. The van der Waals surface area contributed by atoms with Crippen LogP contribution in [0.3, 0.4) is 0 Å². The first-order valence-corrected chi connectivity index (χ1v) is 14.4. The van der Waals surface area contributed by atoms with Gasteiger partial charge in [0.2, 0.25) is 28.6 Å². The Morgan fingerprint density at radius 3 is 2.38 bits per heavy atom. The zero-order chi connectivity index (χ0) is 28.0. The van der Waals surface area contributed by atoms with Crippen molar-refractivity contribution in [3.8, 4) is 11.5 Å². The van der Waals surface area contributed by atoms with Crippen LogP contribution in [0.2, 0.25) is 5.02 Å². The van der Waals surface area contributed by atoms with Gasteiger partial charge in [-0.05, 0) is 42.3 Å². The molecule has 0 fully saturated rings. The number of likely N-dealkylation sites (N-methyl/N-ethyl adjacent to an activating group) is 1. The third-order valence-electron chi connectivity index (χ3n) is 6.38. The molecule has 3 aromatic carbocycles. The van der Waals surface area contributed by atoms with Crippen molar-refractivity contribution in [1.29, 1.82) is 0 Å². The fourth-order valence-corrected chi connectivity index (χ4v) is 5.58. The Balaban J connectivity index is 1.73. The molecule has 1 aliphatic rings. The summed E-state index contributed by atoms with van der Waals surface area (Å²) in [7, 11) is -2.38. The van der Waals surface area contributed by atoms with Crippen LogP contribution in [0.15, 0.2) is 72.8 Å². The van der Waals surface area contributed by atoms with Gasteiger partial charge in [0.15, 0.2) is 11.5 Å². The van der Waals surface area contributed by atoms with Crippen LogP contribution in [0, 0.1) is 0 Å². The summed E-state index contributed by atoms with van der Waals surface area (Å²) in [6.07, 6.45) is 0.234. The lowest BCUT2D eigenvalue weighted by Crippen LogP contribution is -2.53. The molecule has 0 aromatic heterocycles. The fraction of sp³-hybridized carbons (Fsp3) is 0.286. The highest BCUT2D eigenvalue weighted by atomic mass is 35.5. The number of rotatable bonds is 11. The van der Waals surface area contributed by atoms with E-state index in [0.717, 1.165) is 9.87 Å². The third-order valence-corrected chi connectivity index (χ3v) is 8.36. The van der Waals surface area contributed by atoms with Crippen molar-refractivity contribution in [3.05, 3.63) is 88.9 Å². The largest absolute Gasteiger partial charge is 0.454 e. The van der Waals surface area contributed by atoms with E-state index in [2.05, 4.69) is 5.32 Å². The lowest BCUT2D eigenvalue weighted by atomic mass is 10.0. The number of carbonyl (C=O) groups is 2. The molecule has 0 aliphatic carbocycles. The van der Waals surface area contributed by atoms with Gasteiger partial charge in [-0.3, -0.25) is 13.9 Å². The van der Waals surface area contributed by atoms with E-state index in [9.17, 15) is 18.0 Å². The first-order chi connectivity index (χ1) is 18.7. The van der Waals surface area contributed by atoms with Gasteiger partial charge in [0.25, 0.3) is 0 Å². The van der Waals surface area contributed by atoms with Gasteiger partial charge in [-0.25, -0.2) is 8.42 Å². The minimum Gasteiger partial charge on any atom is -0.454 e. The summed E-state index contributed by atoms with van der Waals surface area (Å²) in [6.45, 7) is 1.06. The molecule has 1 aliphatic heterocycles. The van der Waals surface area contributed by atoms with Gasteiger partial charge in [0, 0.05) is 31.1 Å². The van der Waals surface area contributed by atoms with Gasteiger partial charge in [-0.1, -0.05) is 54.1 Å². The molecule has 0 saturated heterocycles. The van der Waals surface area contributed by atoms with Gasteiger partial charge >= 0.3 is 0 Å². The van der Waals surface area contributed by atoms with Crippen LogP contribution in [0.4, 0.5) is 5.69 Å². The van der Waals surface area contributed by atoms with Crippen LogP contribution in [0.25, 0.3) is 0 Å². The molecule has 0 unspecified atom stereocenters. The number of benzene rings is 3. The average Bonchev–Trinajstić information content (AvgIpc) is 3.41. The third kappa shape index (κ3) is 6.82. The summed E-state index contributed by atoms with van der Waals surface area (Å²) in [5.74, 6) is -0.272. The van der Waals surface area contributed by atoms with E-state index < -0.39 is 28.5 Å². The van der Waals surface area contributed by atoms with Crippen LogP contribution < -0.4 is 19.1 Å². The number of sulfonamides is 1. The predicted octanol–water partition coefficient (Wildman–Crippen LogP) is 3.61. The number of halogens is 1. The molecule has 206 valence electrons. The molecule has 1 heterocycles. The molecule has 11 heteroatoms. The SMILES string of the molecule is CCS(=O)(=O)N(CC(=O)N(Cc1cccc(Cl)c1)[C@@H](Cc1ccccc1)C(=O)NC)c1ccc2c(c1)OCO2. The van der Waals surface area contributed by atoms with E-state index in [1.807, 2.05) is 30.3 Å². The maximum absolute atomic E-state index is 14.0. The number of ether oxygens (including phenoxy) is 2. The maximum Gasteiger partial charge on any atom is 0.244 e. The summed E-state index contributed by atoms with van der Waals surface area (Å²) in [5.41, 5.74) is 1.81. The molecule has 0 radical (unpaired) electrons. The highest BCUT2D eigenvalue weighted by Crippen LogP contribution is 2.36. The van der Waals surface area contributed by atoms with E-state index in [1.54, 1.807) is 36.4 Å². The van der Waals surface area contributed by atoms with E-state index >= 15 is 0 Å². The van der Waals surface area contributed by atoms with Crippen LogP contribution in [0.5, 0.6) is 11.5 Å². The van der Waals surface area contributed by atoms with Crippen molar-refractivity contribution in [2.75, 3.05) is 30.4 Å². The van der Waals surface area contributed by atoms with E-state index in [0.29, 0.717) is 22.1 Å². The smallest absolute Gasteiger partial charge is 0.244 e. The Bertz CT molecular complexity index is 1430. The Labute approximate surface area is 233 Å². The molecule has 39 heavy (non-hydrogen) atoms. The van der Waals surface area contributed by atoms with Crippen LogP contribution in [-0.4, -0.2) is 57.3 Å². The van der Waals surface area contributed by atoms with Crippen molar-refractivity contribution < 1.29 is 27.5 Å². The Kier molecular flexibility index (Phi) is 8.98. The molecule has 4 rings (SSSR count). The Hall–Kier alpha value is -3.76. The molecule has 0 spiro atoms. The monoisotopic (exact) mass is 571 g/mol. The molecule has 2 amide bonds. The second-order valence-electron chi connectivity index (χ2n) is 8.92. The molecular formula is C28H30ClN3O6S. The number of carbonyl (C=O) groups excluding carboxylic acids is 2. The van der Waals surface area contributed by atoms with Gasteiger partial charge < -0.3 is 19.7 Å². The topological polar surface area (TPSA) is 105 Å². The van der Waals surface area contributed by atoms with Crippen molar-refractivity contribution in [3.63, 3.8) is 0 Å². The second kappa shape index (κ2) is 12.4. The van der Waals surface area contributed by atoms with Gasteiger partial charge in [0.1, 0.15) is 12.6 Å². The number of fused-ring (bicyclic) bond motifs is 1. The Morgan fingerprint density at radius 1 is 0.974 bits per heavy atom. The van der Waals surface area contributed by atoms with Crippen molar-refractivity contribution in [1.82, 2.24) is 10.2 Å². The summed E-state index contributed by atoms with van der Waals surface area (Å²) in [4.78, 5) is 28.6. The molecule has 1 N–H and O–H groups in total. The summed E-state index contributed by atoms with van der Waals surface area (Å²) in [5, 5.41) is 3.13. The number of amides is 2. The maximum atomic E-state index is 14.0. The molecule has 3 aromatic rings. The standard InChI is InChI=1S/C28H30ClN3O6S/c1-3-39(35,36)32(23-12-13-25-26(16-23)38-19-37-25)18-27(33)31(17-21-10-7-11-22(29)14-21)24(28(34)30-2)15-20-8-5-4-6-9-20/h4-14,16,24H,3,15,17-19H2,1-2H3,(H,30,34)/t24-/m0/s1. The number of anilines is 1. The van der Waals surface area contributed by atoms with Crippen molar-refractivity contribution in [2.24, 2.45) is 0 Å².